The highest BCUT2D eigenvalue weighted by Crippen LogP contribution is 2.29. The highest BCUT2D eigenvalue weighted by molar-refractivity contribution is 6.84. The predicted molar refractivity (Wildman–Crippen MR) is 132 cm³/mol. The third kappa shape index (κ3) is 11.6. The summed E-state index contributed by atoms with van der Waals surface area (Å²) in [6, 6.07) is 2.15. The summed E-state index contributed by atoms with van der Waals surface area (Å²) in [4.78, 5) is 0. The quantitative estimate of drug-likeness (QED) is 0.141. The molecule has 1 aliphatic rings. The van der Waals surface area contributed by atoms with Crippen LogP contribution in [0.2, 0.25) is 50.9 Å². The van der Waals surface area contributed by atoms with Crippen molar-refractivity contribution in [3.8, 4) is 0 Å². The largest absolute Gasteiger partial charge is 0.500 e. The topological polar surface area (TPSA) is 86.4 Å². The molecule has 9 nitrogen and oxygen atoms in total. The van der Waals surface area contributed by atoms with Crippen LogP contribution < -0.4 is 0 Å². The second kappa shape index (κ2) is 14.2. The second-order valence-electron chi connectivity index (χ2n) is 8.37. The van der Waals surface area contributed by atoms with Crippen LogP contribution in [0.1, 0.15) is 6.42 Å². The maximum atomic E-state index is 6.77. The van der Waals surface area contributed by atoms with Crippen molar-refractivity contribution >= 4 is 44.3 Å². The van der Waals surface area contributed by atoms with Gasteiger partial charge in [-0.25, -0.2) is 0 Å². The van der Waals surface area contributed by atoms with Gasteiger partial charge >= 0.3 is 25.9 Å². The molecule has 1 aliphatic heterocycles. The molecular formula is C17H44O9Si5. The lowest BCUT2D eigenvalue weighted by Crippen LogP contribution is -2.55. The minimum Gasteiger partial charge on any atom is -0.442 e. The highest BCUT2D eigenvalue weighted by Gasteiger charge is 2.47. The van der Waals surface area contributed by atoms with E-state index in [1.54, 1.807) is 28.4 Å². The fourth-order valence-electron chi connectivity index (χ4n) is 3.36. The Morgan fingerprint density at radius 2 is 1.48 bits per heavy atom. The first kappa shape index (κ1) is 29.8. The molecule has 0 aromatic carbocycles. The summed E-state index contributed by atoms with van der Waals surface area (Å²) in [6.07, 6.45) is 1.16. The van der Waals surface area contributed by atoms with Gasteiger partial charge < -0.3 is 39.5 Å². The molecular weight excluding hydrogens is 489 g/mol. The molecule has 0 bridgehead atoms. The molecule has 0 N–H and O–H groups in total. The van der Waals surface area contributed by atoms with Crippen molar-refractivity contribution < 1.29 is 39.5 Å². The van der Waals surface area contributed by atoms with Crippen LogP contribution in [0, 0.1) is 0 Å². The van der Waals surface area contributed by atoms with Crippen LogP contribution in [0.4, 0.5) is 0 Å². The van der Waals surface area contributed by atoms with E-state index in [0.717, 1.165) is 19.1 Å². The molecule has 0 saturated carbocycles. The molecule has 186 valence electrons. The Hall–Kier alpha value is 0.724. The van der Waals surface area contributed by atoms with Crippen LogP contribution in [-0.2, 0) is 39.5 Å². The van der Waals surface area contributed by atoms with Gasteiger partial charge in [0, 0.05) is 41.1 Å². The van der Waals surface area contributed by atoms with Crippen LogP contribution in [-0.4, -0.2) is 98.6 Å². The molecule has 4 atom stereocenters. The monoisotopic (exact) mass is 532 g/mol. The van der Waals surface area contributed by atoms with E-state index in [4.69, 9.17) is 39.5 Å². The lowest BCUT2D eigenvalue weighted by atomic mass is 10.5. The van der Waals surface area contributed by atoms with E-state index in [9.17, 15) is 0 Å². The maximum absolute atomic E-state index is 6.77. The van der Waals surface area contributed by atoms with Crippen molar-refractivity contribution in [1.29, 1.82) is 0 Å². The van der Waals surface area contributed by atoms with Gasteiger partial charge in [0.1, 0.15) is 6.10 Å². The van der Waals surface area contributed by atoms with Crippen molar-refractivity contribution in [3.63, 3.8) is 0 Å². The Morgan fingerprint density at radius 3 is 1.97 bits per heavy atom. The van der Waals surface area contributed by atoms with Gasteiger partial charge in [-0.1, -0.05) is 0 Å². The Bertz CT molecular complexity index is 490. The molecule has 1 heterocycles. The van der Waals surface area contributed by atoms with Crippen LogP contribution in [0.25, 0.3) is 0 Å². The van der Waals surface area contributed by atoms with Crippen LogP contribution >= 0.6 is 0 Å². The van der Waals surface area contributed by atoms with Crippen LogP contribution in [0.15, 0.2) is 0 Å². The van der Waals surface area contributed by atoms with E-state index >= 15 is 0 Å². The lowest BCUT2D eigenvalue weighted by Gasteiger charge is -2.39. The average molecular weight is 533 g/mol. The van der Waals surface area contributed by atoms with Crippen molar-refractivity contribution in [3.05, 3.63) is 0 Å². The maximum Gasteiger partial charge on any atom is 0.500 e. The summed E-state index contributed by atoms with van der Waals surface area (Å²) in [5, 5.41) is 0. The van der Waals surface area contributed by atoms with Gasteiger partial charge in [-0.15, -0.1) is 0 Å². The molecule has 0 aliphatic carbocycles. The van der Waals surface area contributed by atoms with Gasteiger partial charge in [-0.2, -0.15) is 0 Å². The Balaban J connectivity index is 2.79. The lowest BCUT2D eigenvalue weighted by molar-refractivity contribution is 0.115. The SMILES string of the molecule is CO[Si](C)(CCCOCC1CO1)O[Si](C)(CC[Si](OC)(OC)OC)O[SiH](C)O[SiH](C)C. The smallest absolute Gasteiger partial charge is 0.442 e. The zero-order chi connectivity index (χ0) is 23.5. The Morgan fingerprint density at radius 1 is 0.871 bits per heavy atom. The first-order valence-electron chi connectivity index (χ1n) is 11.0. The predicted octanol–water partition coefficient (Wildman–Crippen LogP) is 2.34. The molecule has 14 heteroatoms. The molecule has 1 saturated heterocycles. The average Bonchev–Trinajstić information content (AvgIpc) is 3.53. The summed E-state index contributed by atoms with van der Waals surface area (Å²) >= 11 is 0. The van der Waals surface area contributed by atoms with Gasteiger partial charge in [0.2, 0.25) is 0 Å². The van der Waals surface area contributed by atoms with Crippen LogP contribution in [0.5, 0.6) is 0 Å². The molecule has 1 rings (SSSR count). The number of hydrogen-bond donors (Lipinski definition) is 0. The van der Waals surface area contributed by atoms with Gasteiger partial charge in [0.05, 0.1) is 13.2 Å². The van der Waals surface area contributed by atoms with Crippen molar-refractivity contribution in [2.45, 2.75) is 63.4 Å². The third-order valence-electron chi connectivity index (χ3n) is 5.19. The van der Waals surface area contributed by atoms with E-state index in [1.807, 2.05) is 0 Å². The summed E-state index contributed by atoms with van der Waals surface area (Å²) in [7, 11) is -4.22. The summed E-state index contributed by atoms with van der Waals surface area (Å²) in [5.74, 6) is 0. The normalized spacial score (nSPS) is 21.7. The molecule has 1 fully saturated rings. The minimum absolute atomic E-state index is 0.286. The van der Waals surface area contributed by atoms with Gasteiger partial charge in [-0.05, 0) is 51.2 Å². The van der Waals surface area contributed by atoms with Gasteiger partial charge in [0.25, 0.3) is 9.28 Å². The molecule has 0 aromatic rings. The molecule has 0 spiro atoms. The van der Waals surface area contributed by atoms with Gasteiger partial charge in [-0.3, -0.25) is 0 Å². The fraction of sp³-hybridized carbons (Fsp3) is 1.00. The van der Waals surface area contributed by atoms with E-state index in [-0.39, 0.29) is 6.10 Å². The van der Waals surface area contributed by atoms with Crippen molar-refractivity contribution in [1.82, 2.24) is 0 Å². The van der Waals surface area contributed by atoms with Crippen molar-refractivity contribution in [2.75, 3.05) is 48.3 Å². The zero-order valence-electron chi connectivity index (χ0n) is 20.9. The molecule has 0 amide bonds. The third-order valence-corrected chi connectivity index (χ3v) is 22.2. The number of ether oxygens (including phenoxy) is 2. The van der Waals surface area contributed by atoms with Crippen LogP contribution in [0.3, 0.4) is 0 Å². The van der Waals surface area contributed by atoms with E-state index < -0.39 is 44.3 Å². The zero-order valence-corrected chi connectivity index (χ0v) is 26.2. The first-order chi connectivity index (χ1) is 14.5. The standard InChI is InChI=1S/C17H44O9Si5/c1-18-29(8,12-10-11-22-15-17-16-23-17)26-30(9,25-28(7)24-27(5)6)13-14-31(19-2,20-3)21-4/h17,27-28H,10-16H2,1-9H3. The number of epoxide rings is 1. The van der Waals surface area contributed by atoms with E-state index in [1.165, 1.54) is 0 Å². The highest BCUT2D eigenvalue weighted by atomic mass is 28.5. The summed E-state index contributed by atoms with van der Waals surface area (Å²) in [6.45, 7) is 12.8. The second-order valence-corrected chi connectivity index (χ2v) is 23.5. The number of rotatable bonds is 19. The molecule has 4 unspecified atom stereocenters. The van der Waals surface area contributed by atoms with E-state index in [0.29, 0.717) is 25.3 Å². The summed E-state index contributed by atoms with van der Waals surface area (Å²) < 4.78 is 53.1. The Labute approximate surface area is 195 Å². The van der Waals surface area contributed by atoms with Crippen molar-refractivity contribution in [2.24, 2.45) is 0 Å². The molecule has 31 heavy (non-hydrogen) atoms. The summed E-state index contributed by atoms with van der Waals surface area (Å²) in [5.41, 5.74) is 0. The minimum atomic E-state index is -2.74. The number of hydrogen-bond acceptors (Lipinski definition) is 9. The Kier molecular flexibility index (Phi) is 13.6. The molecule has 0 radical (unpaired) electrons. The van der Waals surface area contributed by atoms with Gasteiger partial charge in [0.15, 0.2) is 9.04 Å². The molecule has 0 aromatic heterocycles. The van der Waals surface area contributed by atoms with E-state index in [2.05, 4.69) is 32.7 Å². The first-order valence-corrected chi connectivity index (χ1v) is 22.8. The fourth-order valence-corrected chi connectivity index (χ4v) is 21.0.